The van der Waals surface area contributed by atoms with Crippen molar-refractivity contribution in [2.45, 2.75) is 19.6 Å². The number of benzene rings is 2. The lowest BCUT2D eigenvalue weighted by atomic mass is 10.2. The van der Waals surface area contributed by atoms with Crippen molar-refractivity contribution < 1.29 is 27.2 Å². The summed E-state index contributed by atoms with van der Waals surface area (Å²) in [6.45, 7) is 0.887. The van der Waals surface area contributed by atoms with Gasteiger partial charge < -0.3 is 18.9 Å². The van der Waals surface area contributed by atoms with Gasteiger partial charge in [-0.15, -0.1) is 0 Å². The van der Waals surface area contributed by atoms with Crippen molar-refractivity contribution in [2.75, 3.05) is 38.2 Å². The molecule has 4 rings (SSSR count). The Morgan fingerprint density at radius 2 is 1.84 bits per heavy atom. The van der Waals surface area contributed by atoms with Gasteiger partial charge >= 0.3 is 6.61 Å². The maximum absolute atomic E-state index is 13.2. The normalized spacial score (nSPS) is 15.1. The summed E-state index contributed by atoms with van der Waals surface area (Å²) in [7, 11) is 1.37. The largest absolute Gasteiger partial charge is 0.493 e. The fourth-order valence-corrected chi connectivity index (χ4v) is 3.67. The molecule has 32 heavy (non-hydrogen) atoms. The average molecular weight is 448 g/mol. The second kappa shape index (κ2) is 9.90. The number of halogens is 3. The number of nitrogens with zero attached hydrogens (tertiary/aromatic N) is 4. The molecule has 2 heterocycles. The Morgan fingerprint density at radius 3 is 2.59 bits per heavy atom. The summed E-state index contributed by atoms with van der Waals surface area (Å²) < 4.78 is 53.2. The highest BCUT2D eigenvalue weighted by molar-refractivity contribution is 5.60. The highest BCUT2D eigenvalue weighted by atomic mass is 19.3. The van der Waals surface area contributed by atoms with Crippen LogP contribution in [0.3, 0.4) is 0 Å². The SMILES string of the molecule is COc1cc(-c2noc(CN3CCCN(c4ccc(F)cc4)CC3)n2)ccc1OC(F)F. The lowest BCUT2D eigenvalue weighted by Gasteiger charge is -2.23. The van der Waals surface area contributed by atoms with Gasteiger partial charge in [-0.3, -0.25) is 4.90 Å². The van der Waals surface area contributed by atoms with Crippen LogP contribution >= 0.6 is 0 Å². The number of alkyl halides is 2. The summed E-state index contributed by atoms with van der Waals surface area (Å²) in [5.74, 6) is 0.644. The van der Waals surface area contributed by atoms with Gasteiger partial charge in [-0.05, 0) is 48.9 Å². The van der Waals surface area contributed by atoms with Gasteiger partial charge in [-0.1, -0.05) is 5.16 Å². The minimum Gasteiger partial charge on any atom is -0.493 e. The van der Waals surface area contributed by atoms with Gasteiger partial charge in [0.2, 0.25) is 11.7 Å². The first kappa shape index (κ1) is 21.9. The van der Waals surface area contributed by atoms with Crippen LogP contribution in [0.5, 0.6) is 11.5 Å². The van der Waals surface area contributed by atoms with E-state index in [-0.39, 0.29) is 17.3 Å². The molecule has 7 nitrogen and oxygen atoms in total. The van der Waals surface area contributed by atoms with E-state index in [9.17, 15) is 13.2 Å². The molecule has 0 amide bonds. The fraction of sp³-hybridized carbons (Fsp3) is 0.364. The summed E-state index contributed by atoms with van der Waals surface area (Å²) in [4.78, 5) is 8.89. The molecule has 0 bridgehead atoms. The molecular formula is C22H23F3N4O3. The quantitative estimate of drug-likeness (QED) is 0.537. The lowest BCUT2D eigenvalue weighted by Crippen LogP contribution is -2.30. The molecule has 1 aliphatic heterocycles. The maximum atomic E-state index is 13.2. The minimum atomic E-state index is -2.95. The molecule has 170 valence electrons. The molecule has 1 aromatic heterocycles. The molecule has 0 aliphatic carbocycles. The van der Waals surface area contributed by atoms with Crippen LogP contribution in [0.15, 0.2) is 47.0 Å². The summed E-state index contributed by atoms with van der Waals surface area (Å²) in [6.07, 6.45) is 0.946. The molecular weight excluding hydrogens is 425 g/mol. The van der Waals surface area contributed by atoms with E-state index < -0.39 is 6.61 Å². The molecule has 0 unspecified atom stereocenters. The number of anilines is 1. The van der Waals surface area contributed by atoms with Gasteiger partial charge in [0.1, 0.15) is 5.82 Å². The lowest BCUT2D eigenvalue weighted by molar-refractivity contribution is -0.0512. The molecule has 0 saturated carbocycles. The number of rotatable bonds is 7. The first-order chi connectivity index (χ1) is 15.5. The first-order valence-electron chi connectivity index (χ1n) is 10.2. The zero-order valence-corrected chi connectivity index (χ0v) is 17.5. The van der Waals surface area contributed by atoms with Crippen molar-refractivity contribution in [3.05, 3.63) is 54.2 Å². The second-order valence-corrected chi connectivity index (χ2v) is 7.35. The van der Waals surface area contributed by atoms with Gasteiger partial charge in [-0.2, -0.15) is 13.8 Å². The summed E-state index contributed by atoms with van der Waals surface area (Å²) in [5.41, 5.74) is 1.57. The van der Waals surface area contributed by atoms with E-state index >= 15 is 0 Å². The molecule has 1 aliphatic rings. The maximum Gasteiger partial charge on any atom is 0.387 e. The molecule has 2 aromatic carbocycles. The van der Waals surface area contributed by atoms with Gasteiger partial charge in [-0.25, -0.2) is 4.39 Å². The van der Waals surface area contributed by atoms with Crippen molar-refractivity contribution in [1.82, 2.24) is 15.0 Å². The molecule has 0 N–H and O–H groups in total. The highest BCUT2D eigenvalue weighted by Crippen LogP contribution is 2.32. The van der Waals surface area contributed by atoms with E-state index in [2.05, 4.69) is 24.7 Å². The van der Waals surface area contributed by atoms with Crippen molar-refractivity contribution in [3.63, 3.8) is 0 Å². The Hall–Kier alpha value is -3.27. The van der Waals surface area contributed by atoms with Crippen molar-refractivity contribution in [2.24, 2.45) is 0 Å². The third-order valence-corrected chi connectivity index (χ3v) is 5.25. The third kappa shape index (κ3) is 5.31. The second-order valence-electron chi connectivity index (χ2n) is 7.35. The van der Waals surface area contributed by atoms with Gasteiger partial charge in [0.05, 0.1) is 13.7 Å². The Labute approximate surface area is 183 Å². The van der Waals surface area contributed by atoms with E-state index in [1.807, 2.05) is 0 Å². The molecule has 0 radical (unpaired) electrons. The smallest absolute Gasteiger partial charge is 0.387 e. The topological polar surface area (TPSA) is 63.9 Å². The van der Waals surface area contributed by atoms with Crippen molar-refractivity contribution in [3.8, 4) is 22.9 Å². The van der Waals surface area contributed by atoms with E-state index in [0.717, 1.165) is 38.3 Å². The molecule has 3 aromatic rings. The van der Waals surface area contributed by atoms with Crippen LogP contribution in [0.2, 0.25) is 0 Å². The van der Waals surface area contributed by atoms with E-state index in [1.165, 1.54) is 31.4 Å². The highest BCUT2D eigenvalue weighted by Gasteiger charge is 2.19. The molecule has 10 heteroatoms. The van der Waals surface area contributed by atoms with Crippen LogP contribution in [-0.4, -0.2) is 54.9 Å². The summed E-state index contributed by atoms with van der Waals surface area (Å²) in [6, 6.07) is 11.0. The minimum absolute atomic E-state index is 0.0646. The molecule has 1 fully saturated rings. The Bertz CT molecular complexity index is 1030. The van der Waals surface area contributed by atoms with Gasteiger partial charge in [0.25, 0.3) is 0 Å². The summed E-state index contributed by atoms with van der Waals surface area (Å²) >= 11 is 0. The van der Waals surface area contributed by atoms with Crippen molar-refractivity contribution >= 4 is 5.69 Å². The molecule has 1 saturated heterocycles. The van der Waals surface area contributed by atoms with Crippen LogP contribution in [0.1, 0.15) is 12.3 Å². The number of aromatic nitrogens is 2. The van der Waals surface area contributed by atoms with E-state index in [0.29, 0.717) is 23.8 Å². The van der Waals surface area contributed by atoms with Crippen LogP contribution < -0.4 is 14.4 Å². The number of hydrogen-bond donors (Lipinski definition) is 0. The Morgan fingerprint density at radius 1 is 1.03 bits per heavy atom. The number of methoxy groups -OCH3 is 1. The van der Waals surface area contributed by atoms with E-state index in [1.54, 1.807) is 18.2 Å². The molecule has 0 spiro atoms. The van der Waals surface area contributed by atoms with Crippen LogP contribution in [-0.2, 0) is 6.54 Å². The zero-order valence-electron chi connectivity index (χ0n) is 17.5. The predicted molar refractivity (Wildman–Crippen MR) is 111 cm³/mol. The standard InChI is InChI=1S/C22H23F3N4O3/c1-30-19-13-15(3-8-18(19)31-22(24)25)21-26-20(32-27-21)14-28-9-2-10-29(12-11-28)17-6-4-16(23)5-7-17/h3-8,13,22H,2,9-12,14H2,1H3. The summed E-state index contributed by atoms with van der Waals surface area (Å²) in [5, 5.41) is 4.01. The van der Waals surface area contributed by atoms with Crippen LogP contribution in [0, 0.1) is 5.82 Å². The number of hydrogen-bond acceptors (Lipinski definition) is 7. The monoisotopic (exact) mass is 448 g/mol. The predicted octanol–water partition coefficient (Wildman–Crippen LogP) is 4.20. The Balaban J connectivity index is 1.39. The van der Waals surface area contributed by atoms with Gasteiger partial charge in [0.15, 0.2) is 11.5 Å². The number of ether oxygens (including phenoxy) is 2. The average Bonchev–Trinajstić information content (AvgIpc) is 3.12. The van der Waals surface area contributed by atoms with Crippen molar-refractivity contribution in [1.29, 1.82) is 0 Å². The van der Waals surface area contributed by atoms with E-state index in [4.69, 9.17) is 9.26 Å². The fourth-order valence-electron chi connectivity index (χ4n) is 3.67. The molecule has 0 atom stereocenters. The zero-order chi connectivity index (χ0) is 22.5. The Kier molecular flexibility index (Phi) is 6.79. The van der Waals surface area contributed by atoms with Gasteiger partial charge in [0, 0.05) is 37.4 Å². The van der Waals surface area contributed by atoms with Crippen LogP contribution in [0.4, 0.5) is 18.9 Å². The first-order valence-corrected chi connectivity index (χ1v) is 10.2. The van der Waals surface area contributed by atoms with Crippen LogP contribution in [0.25, 0.3) is 11.4 Å². The third-order valence-electron chi connectivity index (χ3n) is 5.25.